The highest BCUT2D eigenvalue weighted by molar-refractivity contribution is 6.30. The van der Waals surface area contributed by atoms with Crippen LogP contribution in [0.25, 0.3) is 0 Å². The summed E-state index contributed by atoms with van der Waals surface area (Å²) in [7, 11) is 0. The van der Waals surface area contributed by atoms with Gasteiger partial charge in [0.2, 0.25) is 5.91 Å². The van der Waals surface area contributed by atoms with Gasteiger partial charge in [-0.2, -0.15) is 5.26 Å². The molecule has 0 bridgehead atoms. The van der Waals surface area contributed by atoms with Crippen LogP contribution >= 0.6 is 11.6 Å². The second-order valence-corrected chi connectivity index (χ2v) is 5.26. The number of nitriles is 1. The molecule has 100 valence electrons. The second-order valence-electron chi connectivity index (χ2n) is 4.82. The van der Waals surface area contributed by atoms with Crippen molar-refractivity contribution in [2.24, 2.45) is 5.41 Å². The topological polar surface area (TPSA) is 73.1 Å². The first-order valence-electron chi connectivity index (χ1n) is 6.20. The largest absolute Gasteiger partial charge is 0.387 e. The van der Waals surface area contributed by atoms with E-state index in [-0.39, 0.29) is 12.5 Å². The third kappa shape index (κ3) is 2.89. The summed E-state index contributed by atoms with van der Waals surface area (Å²) in [6.07, 6.45) is 1.32. The summed E-state index contributed by atoms with van der Waals surface area (Å²) < 4.78 is 0. The van der Waals surface area contributed by atoms with Gasteiger partial charge in [0.25, 0.3) is 0 Å². The van der Waals surface area contributed by atoms with Gasteiger partial charge in [0, 0.05) is 11.6 Å². The number of aliphatic hydroxyl groups is 1. The van der Waals surface area contributed by atoms with Crippen molar-refractivity contribution < 1.29 is 9.90 Å². The summed E-state index contributed by atoms with van der Waals surface area (Å²) in [5, 5.41) is 22.2. The van der Waals surface area contributed by atoms with Crippen molar-refractivity contribution in [1.82, 2.24) is 5.32 Å². The van der Waals surface area contributed by atoms with Crippen LogP contribution in [0.3, 0.4) is 0 Å². The second kappa shape index (κ2) is 5.60. The molecule has 1 aromatic carbocycles. The van der Waals surface area contributed by atoms with E-state index in [1.807, 2.05) is 0 Å². The van der Waals surface area contributed by atoms with Crippen LogP contribution in [0, 0.1) is 16.7 Å². The summed E-state index contributed by atoms with van der Waals surface area (Å²) in [4.78, 5) is 11.9. The molecule has 1 fully saturated rings. The quantitative estimate of drug-likeness (QED) is 0.887. The van der Waals surface area contributed by atoms with E-state index in [0.29, 0.717) is 23.4 Å². The van der Waals surface area contributed by atoms with Crippen molar-refractivity contribution in [2.45, 2.75) is 25.4 Å². The molecule has 0 heterocycles. The van der Waals surface area contributed by atoms with Gasteiger partial charge in [-0.3, -0.25) is 4.79 Å². The Balaban J connectivity index is 1.90. The van der Waals surface area contributed by atoms with Crippen LogP contribution in [0.15, 0.2) is 24.3 Å². The number of hydrogen-bond donors (Lipinski definition) is 2. The minimum atomic E-state index is -0.875. The highest BCUT2D eigenvalue weighted by atomic mass is 35.5. The Morgan fingerprint density at radius 2 is 2.11 bits per heavy atom. The fraction of sp³-hybridized carbons (Fsp3) is 0.429. The Morgan fingerprint density at radius 3 is 2.58 bits per heavy atom. The van der Waals surface area contributed by atoms with Crippen LogP contribution in [0.5, 0.6) is 0 Å². The summed E-state index contributed by atoms with van der Waals surface area (Å²) in [5.41, 5.74) is -0.191. The van der Waals surface area contributed by atoms with E-state index in [2.05, 4.69) is 11.4 Å². The van der Waals surface area contributed by atoms with Gasteiger partial charge in [0.05, 0.1) is 12.2 Å². The van der Waals surface area contributed by atoms with E-state index in [1.165, 1.54) is 0 Å². The highest BCUT2D eigenvalue weighted by Gasteiger charge is 2.44. The molecule has 0 saturated heterocycles. The lowest BCUT2D eigenvalue weighted by molar-refractivity contribution is -0.132. The lowest BCUT2D eigenvalue weighted by Gasteiger charge is -2.33. The van der Waals surface area contributed by atoms with Crippen LogP contribution in [-0.2, 0) is 4.79 Å². The van der Waals surface area contributed by atoms with E-state index < -0.39 is 11.5 Å². The first kappa shape index (κ1) is 13.9. The van der Waals surface area contributed by atoms with Crippen molar-refractivity contribution in [2.75, 3.05) is 6.54 Å². The summed E-state index contributed by atoms with van der Waals surface area (Å²) in [5.74, 6) is -0.283. The number of aliphatic hydroxyl groups excluding tert-OH is 1. The molecule has 0 spiro atoms. The van der Waals surface area contributed by atoms with Crippen LogP contribution in [0.4, 0.5) is 0 Å². The van der Waals surface area contributed by atoms with Crippen molar-refractivity contribution in [3.8, 4) is 6.07 Å². The summed E-state index contributed by atoms with van der Waals surface area (Å²) in [6.45, 7) is 0.101. The summed E-state index contributed by atoms with van der Waals surface area (Å²) in [6, 6.07) is 8.87. The third-order valence-corrected chi connectivity index (χ3v) is 3.82. The molecular formula is C14H15ClN2O2. The van der Waals surface area contributed by atoms with Gasteiger partial charge >= 0.3 is 0 Å². The predicted octanol–water partition coefficient (Wildman–Crippen LogP) is 2.18. The van der Waals surface area contributed by atoms with Crippen molar-refractivity contribution in [1.29, 1.82) is 5.26 Å². The van der Waals surface area contributed by atoms with Crippen molar-refractivity contribution in [3.05, 3.63) is 34.9 Å². The Hall–Kier alpha value is -1.57. The zero-order chi connectivity index (χ0) is 13.9. The molecular weight excluding hydrogens is 264 g/mol. The fourth-order valence-electron chi connectivity index (χ4n) is 2.08. The number of benzene rings is 1. The van der Waals surface area contributed by atoms with Gasteiger partial charge in [-0.05, 0) is 37.0 Å². The molecule has 0 aliphatic heterocycles. The maximum Gasteiger partial charge on any atom is 0.240 e. The van der Waals surface area contributed by atoms with E-state index in [9.17, 15) is 9.90 Å². The molecule has 1 aromatic rings. The van der Waals surface area contributed by atoms with E-state index in [4.69, 9.17) is 16.9 Å². The zero-order valence-electron chi connectivity index (χ0n) is 10.4. The average molecular weight is 279 g/mol. The Bertz CT molecular complexity index is 503. The number of amides is 1. The highest BCUT2D eigenvalue weighted by Crippen LogP contribution is 2.40. The zero-order valence-corrected chi connectivity index (χ0v) is 11.2. The normalized spacial score (nSPS) is 17.9. The van der Waals surface area contributed by atoms with Crippen molar-refractivity contribution >= 4 is 17.5 Å². The smallest absolute Gasteiger partial charge is 0.240 e. The SMILES string of the molecule is N#CC1(C(=O)NCC(O)c2ccc(Cl)cc2)CCC1. The lowest BCUT2D eigenvalue weighted by atomic mass is 9.69. The fourth-order valence-corrected chi connectivity index (χ4v) is 2.21. The van der Waals surface area contributed by atoms with Gasteiger partial charge in [-0.1, -0.05) is 23.7 Å². The molecule has 1 atom stereocenters. The standard InChI is InChI=1S/C14H15ClN2O2/c15-11-4-2-10(3-5-11)12(18)8-17-13(19)14(9-16)6-1-7-14/h2-5,12,18H,1,6-8H2,(H,17,19). The van der Waals surface area contributed by atoms with Crippen LogP contribution < -0.4 is 5.32 Å². The molecule has 1 aliphatic carbocycles. The molecule has 2 N–H and O–H groups in total. The van der Waals surface area contributed by atoms with E-state index >= 15 is 0 Å². The van der Waals surface area contributed by atoms with Gasteiger partial charge in [0.1, 0.15) is 5.41 Å². The number of halogens is 1. The van der Waals surface area contributed by atoms with Gasteiger partial charge in [0.15, 0.2) is 0 Å². The number of rotatable bonds is 4. The molecule has 0 aromatic heterocycles. The molecule has 19 heavy (non-hydrogen) atoms. The van der Waals surface area contributed by atoms with E-state index in [1.54, 1.807) is 24.3 Å². The number of hydrogen-bond acceptors (Lipinski definition) is 3. The van der Waals surface area contributed by atoms with Gasteiger partial charge in [-0.15, -0.1) is 0 Å². The van der Waals surface area contributed by atoms with Crippen LogP contribution in [0.2, 0.25) is 5.02 Å². The first-order chi connectivity index (χ1) is 9.07. The maximum atomic E-state index is 11.9. The molecule has 1 unspecified atom stereocenters. The minimum absolute atomic E-state index is 0.101. The lowest BCUT2D eigenvalue weighted by Crippen LogP contribution is -2.45. The predicted molar refractivity (Wildman–Crippen MR) is 71.3 cm³/mol. The first-order valence-corrected chi connectivity index (χ1v) is 6.58. The maximum absolute atomic E-state index is 11.9. The van der Waals surface area contributed by atoms with Gasteiger partial charge < -0.3 is 10.4 Å². The Labute approximate surface area is 117 Å². The van der Waals surface area contributed by atoms with Crippen molar-refractivity contribution in [3.63, 3.8) is 0 Å². The number of nitrogens with zero attached hydrogens (tertiary/aromatic N) is 1. The number of carbonyl (C=O) groups is 1. The molecule has 4 nitrogen and oxygen atoms in total. The molecule has 1 aliphatic rings. The van der Waals surface area contributed by atoms with E-state index in [0.717, 1.165) is 6.42 Å². The number of nitrogens with one attached hydrogen (secondary N) is 1. The van der Waals surface area contributed by atoms with Crippen LogP contribution in [-0.4, -0.2) is 17.6 Å². The Kier molecular flexibility index (Phi) is 4.08. The monoisotopic (exact) mass is 278 g/mol. The molecule has 2 rings (SSSR count). The average Bonchev–Trinajstić information content (AvgIpc) is 2.36. The van der Waals surface area contributed by atoms with Crippen LogP contribution in [0.1, 0.15) is 30.9 Å². The molecule has 5 heteroatoms. The number of carbonyl (C=O) groups excluding carboxylic acids is 1. The van der Waals surface area contributed by atoms with Gasteiger partial charge in [-0.25, -0.2) is 0 Å². The molecule has 1 amide bonds. The minimum Gasteiger partial charge on any atom is -0.387 e. The molecule has 1 saturated carbocycles. The third-order valence-electron chi connectivity index (χ3n) is 3.57. The Morgan fingerprint density at radius 1 is 1.47 bits per heavy atom. The summed E-state index contributed by atoms with van der Waals surface area (Å²) >= 11 is 5.76. The molecule has 0 radical (unpaired) electrons.